The first-order valence-electron chi connectivity index (χ1n) is 7.16. The van der Waals surface area contributed by atoms with E-state index in [4.69, 9.17) is 11.5 Å². The van der Waals surface area contributed by atoms with Gasteiger partial charge in [-0.15, -0.1) is 0 Å². The summed E-state index contributed by atoms with van der Waals surface area (Å²) in [7, 11) is -3.27. The zero-order valence-electron chi connectivity index (χ0n) is 13.9. The number of sulfone groups is 1. The summed E-state index contributed by atoms with van der Waals surface area (Å²) in [6.07, 6.45) is 4.28. The molecule has 1 aromatic heterocycles. The van der Waals surface area contributed by atoms with E-state index in [2.05, 4.69) is 21.9 Å². The molecule has 0 fully saturated rings. The van der Waals surface area contributed by atoms with Crippen molar-refractivity contribution >= 4 is 43.9 Å². The number of thiazole rings is 1. The third-order valence-corrected chi connectivity index (χ3v) is 5.26. The molecule has 0 saturated heterocycles. The predicted molar refractivity (Wildman–Crippen MR) is 104 cm³/mol. The molecule has 0 unspecified atom stereocenters. The third kappa shape index (κ3) is 5.16. The molecule has 0 saturated carbocycles. The minimum atomic E-state index is -3.27. The van der Waals surface area contributed by atoms with Crippen LogP contribution in [-0.2, 0) is 9.84 Å². The minimum Gasteiger partial charge on any atom is -0.397 e. The number of nitrogens with zero attached hydrogens (tertiary/aromatic N) is 2. The molecule has 9 heteroatoms. The molecule has 0 aliphatic carbocycles. The molecule has 1 aromatic carbocycles. The molecule has 7 nitrogen and oxygen atoms in total. The largest absolute Gasteiger partial charge is 0.397 e. The van der Waals surface area contributed by atoms with Crippen LogP contribution < -0.4 is 16.8 Å². The lowest BCUT2D eigenvalue weighted by atomic mass is 10.3. The number of anilines is 2. The van der Waals surface area contributed by atoms with Gasteiger partial charge in [-0.05, 0) is 31.2 Å². The van der Waals surface area contributed by atoms with Gasteiger partial charge in [0, 0.05) is 18.2 Å². The van der Waals surface area contributed by atoms with Crippen molar-refractivity contribution < 1.29 is 8.42 Å². The number of allylic oxidation sites excluding steroid dienone is 1. The number of hydrogen-bond acceptors (Lipinski definition) is 8. The Morgan fingerprint density at radius 1 is 1.44 bits per heavy atom. The van der Waals surface area contributed by atoms with E-state index >= 15 is 0 Å². The van der Waals surface area contributed by atoms with E-state index in [0.29, 0.717) is 22.3 Å². The Bertz CT molecular complexity index is 959. The number of aryl methyl sites for hydroxylation is 1. The summed E-state index contributed by atoms with van der Waals surface area (Å²) in [5.41, 5.74) is 13.5. The zero-order chi connectivity index (χ0) is 18.6. The molecule has 0 aliphatic rings. The molecule has 25 heavy (non-hydrogen) atoms. The highest BCUT2D eigenvalue weighted by atomic mass is 32.2. The number of hydrogen-bond donors (Lipinski definition) is 3. The maximum Gasteiger partial charge on any atom is 0.180 e. The first kappa shape index (κ1) is 18.7. The maximum atomic E-state index is 11.6. The monoisotopic (exact) mass is 377 g/mol. The molecule has 132 valence electrons. The van der Waals surface area contributed by atoms with Gasteiger partial charge >= 0.3 is 0 Å². The van der Waals surface area contributed by atoms with Crippen molar-refractivity contribution in [2.45, 2.75) is 11.8 Å². The molecule has 0 bridgehead atoms. The van der Waals surface area contributed by atoms with E-state index in [-0.39, 0.29) is 4.90 Å². The standard InChI is InChI=1S/C16H19N5O2S2/c1-10-15(24-16(18)20-10)14(17)7-8-19-11(2)21-12-5-4-6-13(9-12)25(3,22)23/h4-9,21H,2,17H2,1,3H3,(H2,18,20)/b14-7-,19-8?. The van der Waals surface area contributed by atoms with Gasteiger partial charge in [-0.1, -0.05) is 24.0 Å². The van der Waals surface area contributed by atoms with Crippen LogP contribution in [0.1, 0.15) is 10.6 Å². The molecule has 0 aliphatic heterocycles. The van der Waals surface area contributed by atoms with Crippen molar-refractivity contribution in [1.29, 1.82) is 0 Å². The second kappa shape index (κ2) is 7.49. The van der Waals surface area contributed by atoms with E-state index in [9.17, 15) is 8.42 Å². The predicted octanol–water partition coefficient (Wildman–Crippen LogP) is 2.39. The van der Waals surface area contributed by atoms with Crippen LogP contribution in [0.3, 0.4) is 0 Å². The topological polar surface area (TPSA) is 123 Å². The summed E-state index contributed by atoms with van der Waals surface area (Å²) in [4.78, 5) is 9.25. The van der Waals surface area contributed by atoms with Crippen molar-refractivity contribution in [3.05, 3.63) is 53.3 Å². The molecule has 2 aromatic rings. The van der Waals surface area contributed by atoms with Crippen LogP contribution in [0.2, 0.25) is 0 Å². The van der Waals surface area contributed by atoms with E-state index in [1.165, 1.54) is 29.7 Å². The Kier molecular flexibility index (Phi) is 5.60. The Labute approximate surface area is 150 Å². The number of aromatic nitrogens is 1. The summed E-state index contributed by atoms with van der Waals surface area (Å²) in [6.45, 7) is 5.60. The van der Waals surface area contributed by atoms with E-state index < -0.39 is 9.84 Å². The number of rotatable bonds is 6. The number of nitrogens with two attached hydrogens (primary N) is 2. The average molecular weight is 377 g/mol. The van der Waals surface area contributed by atoms with Crippen LogP contribution in [0, 0.1) is 6.92 Å². The van der Waals surface area contributed by atoms with Crippen LogP contribution in [-0.4, -0.2) is 25.9 Å². The normalized spacial score (nSPS) is 12.5. The van der Waals surface area contributed by atoms with Gasteiger partial charge in [-0.25, -0.2) is 18.4 Å². The number of nitrogens with one attached hydrogen (secondary N) is 1. The maximum absolute atomic E-state index is 11.6. The average Bonchev–Trinajstić information content (AvgIpc) is 2.85. The molecule has 0 atom stereocenters. The first-order valence-corrected chi connectivity index (χ1v) is 9.87. The SMILES string of the molecule is C=C(N=C/C=C(\N)c1sc(N)nc1C)Nc1cccc(S(C)(=O)=O)c1. The van der Waals surface area contributed by atoms with Crippen molar-refractivity contribution in [3.63, 3.8) is 0 Å². The fourth-order valence-corrected chi connectivity index (χ4v) is 3.41. The highest BCUT2D eigenvalue weighted by Gasteiger charge is 2.08. The van der Waals surface area contributed by atoms with Gasteiger partial charge in [-0.2, -0.15) is 0 Å². The third-order valence-electron chi connectivity index (χ3n) is 3.11. The van der Waals surface area contributed by atoms with Crippen molar-refractivity contribution in [1.82, 2.24) is 4.98 Å². The summed E-state index contributed by atoms with van der Waals surface area (Å²) in [5, 5.41) is 3.38. The molecular weight excluding hydrogens is 358 g/mol. The summed E-state index contributed by atoms with van der Waals surface area (Å²) in [6, 6.07) is 6.41. The Balaban J connectivity index is 2.06. The molecule has 0 spiro atoms. The van der Waals surface area contributed by atoms with Gasteiger partial charge in [0.2, 0.25) is 0 Å². The number of benzene rings is 1. The van der Waals surface area contributed by atoms with Crippen LogP contribution in [0.25, 0.3) is 5.70 Å². The van der Waals surface area contributed by atoms with Gasteiger partial charge in [0.05, 0.1) is 21.2 Å². The van der Waals surface area contributed by atoms with Crippen LogP contribution in [0.5, 0.6) is 0 Å². The smallest absolute Gasteiger partial charge is 0.180 e. The van der Waals surface area contributed by atoms with Gasteiger partial charge in [0.1, 0.15) is 5.82 Å². The van der Waals surface area contributed by atoms with Crippen molar-refractivity contribution in [2.75, 3.05) is 17.3 Å². The van der Waals surface area contributed by atoms with Crippen molar-refractivity contribution in [3.8, 4) is 0 Å². The molecule has 1 heterocycles. The lowest BCUT2D eigenvalue weighted by molar-refractivity contribution is 0.602. The molecule has 0 amide bonds. The van der Waals surface area contributed by atoms with Crippen LogP contribution in [0.15, 0.2) is 52.6 Å². The zero-order valence-corrected chi connectivity index (χ0v) is 15.5. The molecule has 2 rings (SSSR count). The van der Waals surface area contributed by atoms with E-state index in [1.54, 1.807) is 18.2 Å². The van der Waals surface area contributed by atoms with Crippen molar-refractivity contribution in [2.24, 2.45) is 10.7 Å². The summed E-state index contributed by atoms with van der Waals surface area (Å²) in [5.74, 6) is 0.343. The lowest BCUT2D eigenvalue weighted by Crippen LogP contribution is -2.00. The minimum absolute atomic E-state index is 0.219. The molecule has 5 N–H and O–H groups in total. The Hall–Kier alpha value is -2.65. The first-order chi connectivity index (χ1) is 11.7. The summed E-state index contributed by atoms with van der Waals surface area (Å²) < 4.78 is 23.1. The molecule has 0 radical (unpaired) electrons. The Morgan fingerprint density at radius 3 is 2.76 bits per heavy atom. The van der Waals surface area contributed by atoms with Crippen LogP contribution >= 0.6 is 11.3 Å². The van der Waals surface area contributed by atoms with Gasteiger partial charge in [0.15, 0.2) is 15.0 Å². The van der Waals surface area contributed by atoms with E-state index in [1.807, 2.05) is 6.92 Å². The number of aliphatic imine (C=N–C) groups is 1. The fraction of sp³-hybridized carbons (Fsp3) is 0.125. The fourth-order valence-electron chi connectivity index (χ4n) is 1.97. The van der Waals surface area contributed by atoms with Gasteiger partial charge < -0.3 is 16.8 Å². The summed E-state index contributed by atoms with van der Waals surface area (Å²) >= 11 is 1.30. The highest BCUT2D eigenvalue weighted by Crippen LogP contribution is 2.24. The van der Waals surface area contributed by atoms with Crippen LogP contribution in [0.4, 0.5) is 10.8 Å². The van der Waals surface area contributed by atoms with Gasteiger partial charge in [0.25, 0.3) is 0 Å². The Morgan fingerprint density at radius 2 is 2.16 bits per heavy atom. The van der Waals surface area contributed by atoms with Gasteiger partial charge in [-0.3, -0.25) is 0 Å². The quantitative estimate of drug-likeness (QED) is 0.664. The molecular formula is C16H19N5O2S2. The lowest BCUT2D eigenvalue weighted by Gasteiger charge is -2.06. The highest BCUT2D eigenvalue weighted by molar-refractivity contribution is 7.90. The second-order valence-corrected chi connectivity index (χ2v) is 8.28. The number of nitrogen functional groups attached to an aromatic ring is 1. The second-order valence-electron chi connectivity index (χ2n) is 5.24. The van der Waals surface area contributed by atoms with E-state index in [0.717, 1.165) is 16.8 Å².